The average molecular weight is 485 g/mol. The summed E-state index contributed by atoms with van der Waals surface area (Å²) in [7, 11) is 3.80. The number of carboxylic acids is 1. The number of likely N-dealkylation sites (N-methyl/N-ethyl adjacent to an activating group) is 1. The Balaban J connectivity index is 1.59. The van der Waals surface area contributed by atoms with Crippen molar-refractivity contribution in [3.05, 3.63) is 72.6 Å². The van der Waals surface area contributed by atoms with E-state index in [0.717, 1.165) is 60.0 Å². The molecule has 5 rings (SSSR count). The topological polar surface area (TPSA) is 110 Å². The molecule has 9 heteroatoms. The van der Waals surface area contributed by atoms with Crippen molar-refractivity contribution in [2.24, 2.45) is 0 Å². The summed E-state index contributed by atoms with van der Waals surface area (Å²) in [5, 5.41) is 13.9. The number of anilines is 2. The first kappa shape index (κ1) is 23.4. The lowest BCUT2D eigenvalue weighted by atomic mass is 9.98. The van der Waals surface area contributed by atoms with Crippen LogP contribution in [0.15, 0.2) is 67.0 Å². The number of nitrogens with zero attached hydrogens (tertiary/aromatic N) is 5. The lowest BCUT2D eigenvalue weighted by Crippen LogP contribution is -2.44. The molecule has 0 amide bonds. The number of piperazine rings is 1. The third-order valence-corrected chi connectivity index (χ3v) is 6.53. The molecule has 0 aliphatic carbocycles. The summed E-state index contributed by atoms with van der Waals surface area (Å²) in [6, 6.07) is 16.6. The first-order valence-corrected chi connectivity index (χ1v) is 11.7. The number of aromatic carboxylic acids is 1. The van der Waals surface area contributed by atoms with Crippen molar-refractivity contribution < 1.29 is 14.6 Å². The van der Waals surface area contributed by atoms with Gasteiger partial charge in [0.25, 0.3) is 0 Å². The minimum absolute atomic E-state index is 0.185. The number of benzene rings is 2. The molecule has 1 aliphatic rings. The molecule has 2 aromatic carbocycles. The quantitative estimate of drug-likeness (QED) is 0.427. The summed E-state index contributed by atoms with van der Waals surface area (Å²) < 4.78 is 7.53. The second-order valence-electron chi connectivity index (χ2n) is 8.81. The molecule has 1 aliphatic heterocycles. The number of aromatic nitrogens is 3. The summed E-state index contributed by atoms with van der Waals surface area (Å²) in [4.78, 5) is 20.6. The van der Waals surface area contributed by atoms with E-state index in [9.17, 15) is 9.90 Å². The van der Waals surface area contributed by atoms with Gasteiger partial charge < -0.3 is 25.4 Å². The van der Waals surface area contributed by atoms with Crippen LogP contribution in [0.4, 0.5) is 11.5 Å². The molecule has 36 heavy (non-hydrogen) atoms. The number of rotatable bonds is 6. The Hall–Kier alpha value is -4.37. The highest BCUT2D eigenvalue weighted by molar-refractivity contribution is 5.89. The van der Waals surface area contributed by atoms with Gasteiger partial charge in [0.2, 0.25) is 0 Å². The molecular weight excluding hydrogens is 456 g/mol. The molecule has 0 radical (unpaired) electrons. The van der Waals surface area contributed by atoms with E-state index in [1.807, 2.05) is 12.1 Å². The van der Waals surface area contributed by atoms with E-state index in [1.165, 1.54) is 0 Å². The second kappa shape index (κ2) is 9.71. The van der Waals surface area contributed by atoms with Gasteiger partial charge in [0, 0.05) is 60.8 Å². The summed E-state index contributed by atoms with van der Waals surface area (Å²) in [5.41, 5.74) is 11.3. The first-order valence-electron chi connectivity index (χ1n) is 11.7. The highest BCUT2D eigenvalue weighted by atomic mass is 16.5. The Morgan fingerprint density at radius 2 is 1.78 bits per heavy atom. The van der Waals surface area contributed by atoms with Gasteiger partial charge in [-0.1, -0.05) is 6.07 Å². The van der Waals surface area contributed by atoms with E-state index < -0.39 is 5.97 Å². The number of nitrogen functional groups attached to an aromatic ring is 1. The molecule has 2 aromatic heterocycles. The zero-order valence-corrected chi connectivity index (χ0v) is 20.3. The van der Waals surface area contributed by atoms with Crippen molar-refractivity contribution in [2.75, 3.05) is 51.0 Å². The van der Waals surface area contributed by atoms with Crippen LogP contribution < -0.4 is 15.4 Å². The van der Waals surface area contributed by atoms with Crippen molar-refractivity contribution >= 4 is 17.5 Å². The Bertz CT molecular complexity index is 1410. The third-order valence-electron chi connectivity index (χ3n) is 6.53. The Morgan fingerprint density at radius 1 is 0.972 bits per heavy atom. The van der Waals surface area contributed by atoms with E-state index in [2.05, 4.69) is 45.1 Å². The van der Waals surface area contributed by atoms with Crippen LogP contribution in [0.2, 0.25) is 0 Å². The summed E-state index contributed by atoms with van der Waals surface area (Å²) in [6.45, 7) is 3.96. The maximum Gasteiger partial charge on any atom is 0.335 e. The second-order valence-corrected chi connectivity index (χ2v) is 8.81. The molecule has 0 unspecified atom stereocenters. The van der Waals surface area contributed by atoms with Crippen molar-refractivity contribution in [1.29, 1.82) is 0 Å². The molecule has 9 nitrogen and oxygen atoms in total. The van der Waals surface area contributed by atoms with Gasteiger partial charge in [-0.05, 0) is 49.5 Å². The molecule has 184 valence electrons. The maximum atomic E-state index is 11.5. The Kier molecular flexibility index (Phi) is 6.30. The van der Waals surface area contributed by atoms with Gasteiger partial charge in [0.1, 0.15) is 11.6 Å². The van der Waals surface area contributed by atoms with Crippen LogP contribution in [0, 0.1) is 0 Å². The smallest absolute Gasteiger partial charge is 0.335 e. The first-order chi connectivity index (χ1) is 17.4. The third kappa shape index (κ3) is 4.48. The summed E-state index contributed by atoms with van der Waals surface area (Å²) >= 11 is 0. The van der Waals surface area contributed by atoms with Gasteiger partial charge in [-0.3, -0.25) is 0 Å². The van der Waals surface area contributed by atoms with Gasteiger partial charge in [0.05, 0.1) is 30.3 Å². The predicted molar refractivity (Wildman–Crippen MR) is 140 cm³/mol. The van der Waals surface area contributed by atoms with E-state index >= 15 is 0 Å². The number of carboxylic acid groups (broad SMARTS) is 1. The van der Waals surface area contributed by atoms with Crippen molar-refractivity contribution in [1.82, 2.24) is 19.7 Å². The summed E-state index contributed by atoms with van der Waals surface area (Å²) in [5.74, 6) is 0.108. The molecule has 0 bridgehead atoms. The highest BCUT2D eigenvalue weighted by Crippen LogP contribution is 2.40. The van der Waals surface area contributed by atoms with Crippen molar-refractivity contribution in [3.63, 3.8) is 0 Å². The maximum absolute atomic E-state index is 11.5. The molecular formula is C27H28N6O3. The fourth-order valence-corrected chi connectivity index (χ4v) is 4.55. The van der Waals surface area contributed by atoms with Crippen LogP contribution in [-0.2, 0) is 0 Å². The molecule has 4 aromatic rings. The lowest BCUT2D eigenvalue weighted by Gasteiger charge is -2.34. The minimum Gasteiger partial charge on any atom is -0.496 e. The standard InChI is InChI=1S/C27H28N6O3/c1-31-10-12-32(13-11-31)19-6-7-21(25(15-19)36-2)23-17-29-26(28)16-22(23)24-8-9-30-33(24)20-5-3-4-18(14-20)27(34)35/h3-9,14-17H,10-13H2,1-2H3,(H2,28,29)(H,34,35). The van der Waals surface area contributed by atoms with Gasteiger partial charge in [-0.2, -0.15) is 5.10 Å². The number of hydrogen-bond acceptors (Lipinski definition) is 7. The average Bonchev–Trinajstić information content (AvgIpc) is 3.39. The van der Waals surface area contributed by atoms with Gasteiger partial charge >= 0.3 is 5.97 Å². The molecule has 1 fully saturated rings. The zero-order valence-electron chi connectivity index (χ0n) is 20.3. The Labute approximate surface area is 209 Å². The monoisotopic (exact) mass is 484 g/mol. The molecule has 0 spiro atoms. The number of nitrogens with two attached hydrogens (primary N) is 1. The van der Waals surface area contributed by atoms with Crippen LogP contribution in [0.25, 0.3) is 28.1 Å². The largest absolute Gasteiger partial charge is 0.496 e. The number of pyridine rings is 1. The minimum atomic E-state index is -0.996. The molecule has 0 saturated carbocycles. The fourth-order valence-electron chi connectivity index (χ4n) is 4.55. The van der Waals surface area contributed by atoms with E-state index in [-0.39, 0.29) is 5.56 Å². The Morgan fingerprint density at radius 3 is 2.53 bits per heavy atom. The SMILES string of the molecule is COc1cc(N2CCN(C)CC2)ccc1-c1cnc(N)cc1-c1ccnn1-c1cccc(C(=O)O)c1. The highest BCUT2D eigenvalue weighted by Gasteiger charge is 2.20. The van der Waals surface area contributed by atoms with Crippen LogP contribution in [0.1, 0.15) is 10.4 Å². The van der Waals surface area contributed by atoms with E-state index in [1.54, 1.807) is 48.5 Å². The number of ether oxygens (including phenoxy) is 1. The molecule has 1 saturated heterocycles. The van der Waals surface area contributed by atoms with Crippen LogP contribution in [0.3, 0.4) is 0 Å². The summed E-state index contributed by atoms with van der Waals surface area (Å²) in [6.07, 6.45) is 3.42. The van der Waals surface area contributed by atoms with E-state index in [0.29, 0.717) is 11.5 Å². The number of carbonyl (C=O) groups is 1. The molecule has 3 N–H and O–H groups in total. The predicted octanol–water partition coefficient (Wildman–Crippen LogP) is 3.64. The van der Waals surface area contributed by atoms with E-state index in [4.69, 9.17) is 10.5 Å². The van der Waals surface area contributed by atoms with Gasteiger partial charge in [0.15, 0.2) is 0 Å². The normalized spacial score (nSPS) is 14.1. The lowest BCUT2D eigenvalue weighted by molar-refractivity contribution is 0.0697. The van der Waals surface area contributed by atoms with Crippen LogP contribution in [0.5, 0.6) is 5.75 Å². The van der Waals surface area contributed by atoms with Crippen molar-refractivity contribution in [2.45, 2.75) is 0 Å². The zero-order chi connectivity index (χ0) is 25.2. The number of hydrogen-bond donors (Lipinski definition) is 2. The van der Waals surface area contributed by atoms with Crippen molar-refractivity contribution in [3.8, 4) is 33.8 Å². The molecule has 0 atom stereocenters. The van der Waals surface area contributed by atoms with Gasteiger partial charge in [-0.15, -0.1) is 0 Å². The fraction of sp³-hybridized carbons (Fsp3) is 0.222. The van der Waals surface area contributed by atoms with Crippen LogP contribution >= 0.6 is 0 Å². The molecule has 3 heterocycles. The van der Waals surface area contributed by atoms with Crippen LogP contribution in [-0.4, -0.2) is 71.1 Å². The van der Waals surface area contributed by atoms with Gasteiger partial charge in [-0.25, -0.2) is 14.5 Å². The number of methoxy groups -OCH3 is 1.